The Hall–Kier alpha value is -2.47. The van der Waals surface area contributed by atoms with Crippen LogP contribution in [-0.4, -0.2) is 40.0 Å². The molecular formula is C22H24ClN3O2. The van der Waals surface area contributed by atoms with E-state index in [0.29, 0.717) is 18.7 Å². The number of hydrogen-bond donors (Lipinski definition) is 2. The van der Waals surface area contributed by atoms with Crippen LogP contribution in [0.15, 0.2) is 48.5 Å². The zero-order valence-electron chi connectivity index (χ0n) is 15.8. The maximum absolute atomic E-state index is 12.6. The van der Waals surface area contributed by atoms with E-state index in [2.05, 4.69) is 0 Å². The van der Waals surface area contributed by atoms with Crippen molar-refractivity contribution in [3.05, 3.63) is 65.2 Å². The molecule has 3 N–H and O–H groups in total. The lowest BCUT2D eigenvalue weighted by Gasteiger charge is -2.16. The number of halogens is 1. The van der Waals surface area contributed by atoms with Crippen molar-refractivity contribution in [1.29, 1.82) is 0 Å². The minimum absolute atomic E-state index is 0. The SMILES string of the molecule is Cc1ccc2cc(CO)c(-c3ccc(C(=O)N4CCC(N)C4)cc3)nc2c1.Cl. The first-order valence-corrected chi connectivity index (χ1v) is 9.21. The highest BCUT2D eigenvalue weighted by Gasteiger charge is 2.24. The predicted octanol–water partition coefficient (Wildman–Crippen LogP) is 3.30. The number of amides is 1. The summed E-state index contributed by atoms with van der Waals surface area (Å²) in [6.45, 7) is 3.27. The molecule has 0 radical (unpaired) electrons. The highest BCUT2D eigenvalue weighted by atomic mass is 35.5. The van der Waals surface area contributed by atoms with Crippen molar-refractivity contribution in [3.63, 3.8) is 0 Å². The Morgan fingerprint density at radius 3 is 2.61 bits per heavy atom. The fourth-order valence-electron chi connectivity index (χ4n) is 3.62. The van der Waals surface area contributed by atoms with E-state index in [1.807, 2.05) is 55.5 Å². The van der Waals surface area contributed by atoms with Gasteiger partial charge in [0.1, 0.15) is 0 Å². The van der Waals surface area contributed by atoms with Gasteiger partial charge in [-0.2, -0.15) is 0 Å². The summed E-state index contributed by atoms with van der Waals surface area (Å²) in [4.78, 5) is 19.2. The second-order valence-corrected chi connectivity index (χ2v) is 7.23. The van der Waals surface area contributed by atoms with E-state index in [9.17, 15) is 9.90 Å². The fourth-order valence-corrected chi connectivity index (χ4v) is 3.62. The maximum atomic E-state index is 12.6. The summed E-state index contributed by atoms with van der Waals surface area (Å²) in [7, 11) is 0. The average Bonchev–Trinajstić information content (AvgIpc) is 3.13. The molecule has 2 aromatic carbocycles. The van der Waals surface area contributed by atoms with Crippen LogP contribution >= 0.6 is 12.4 Å². The summed E-state index contributed by atoms with van der Waals surface area (Å²) < 4.78 is 0. The smallest absolute Gasteiger partial charge is 0.253 e. The first-order valence-electron chi connectivity index (χ1n) is 9.21. The van der Waals surface area contributed by atoms with Crippen LogP contribution in [0.5, 0.6) is 0 Å². The van der Waals surface area contributed by atoms with Crippen LogP contribution < -0.4 is 5.73 Å². The first-order chi connectivity index (χ1) is 13.0. The Balaban J connectivity index is 0.00000225. The van der Waals surface area contributed by atoms with Crippen molar-refractivity contribution in [2.75, 3.05) is 13.1 Å². The number of carbonyl (C=O) groups excluding carboxylic acids is 1. The van der Waals surface area contributed by atoms with Gasteiger partial charge >= 0.3 is 0 Å². The first kappa shape index (κ1) is 20.3. The van der Waals surface area contributed by atoms with E-state index in [4.69, 9.17) is 10.7 Å². The number of nitrogens with two attached hydrogens (primary N) is 1. The fraction of sp³-hybridized carbons (Fsp3) is 0.273. The molecule has 1 fully saturated rings. The Labute approximate surface area is 170 Å². The molecule has 1 aromatic heterocycles. The minimum atomic E-state index is -0.0848. The molecule has 0 aliphatic carbocycles. The Morgan fingerprint density at radius 1 is 1.21 bits per heavy atom. The topological polar surface area (TPSA) is 79.5 Å². The third kappa shape index (κ3) is 3.87. The number of rotatable bonds is 3. The lowest BCUT2D eigenvalue weighted by atomic mass is 10.0. The lowest BCUT2D eigenvalue weighted by Crippen LogP contribution is -2.31. The van der Waals surface area contributed by atoms with Gasteiger partial charge in [-0.05, 0) is 43.2 Å². The molecule has 1 saturated heterocycles. The quantitative estimate of drug-likeness (QED) is 0.710. The molecule has 1 unspecified atom stereocenters. The zero-order valence-corrected chi connectivity index (χ0v) is 16.6. The number of pyridine rings is 1. The van der Waals surface area contributed by atoms with Crippen LogP contribution in [-0.2, 0) is 6.61 Å². The summed E-state index contributed by atoms with van der Waals surface area (Å²) in [5.41, 5.74) is 11.0. The van der Waals surface area contributed by atoms with Crippen molar-refractivity contribution in [3.8, 4) is 11.3 Å². The average molecular weight is 398 g/mol. The van der Waals surface area contributed by atoms with Gasteiger partial charge in [0.25, 0.3) is 5.91 Å². The van der Waals surface area contributed by atoms with Crippen LogP contribution in [0.2, 0.25) is 0 Å². The van der Waals surface area contributed by atoms with Gasteiger partial charge in [-0.1, -0.05) is 24.3 Å². The highest BCUT2D eigenvalue weighted by Crippen LogP contribution is 2.27. The summed E-state index contributed by atoms with van der Waals surface area (Å²) in [5, 5.41) is 10.8. The molecule has 0 bridgehead atoms. The number of carbonyl (C=O) groups is 1. The predicted molar refractivity (Wildman–Crippen MR) is 114 cm³/mol. The molecule has 28 heavy (non-hydrogen) atoms. The van der Waals surface area contributed by atoms with Crippen molar-refractivity contribution in [2.24, 2.45) is 5.73 Å². The zero-order chi connectivity index (χ0) is 19.0. The lowest BCUT2D eigenvalue weighted by molar-refractivity contribution is 0.0791. The van der Waals surface area contributed by atoms with Gasteiger partial charge in [0.15, 0.2) is 0 Å². The van der Waals surface area contributed by atoms with Crippen LogP contribution in [0, 0.1) is 6.92 Å². The van der Waals surface area contributed by atoms with E-state index in [1.165, 1.54) is 0 Å². The molecule has 5 nitrogen and oxygen atoms in total. The molecule has 1 atom stereocenters. The molecule has 1 aliphatic rings. The highest BCUT2D eigenvalue weighted by molar-refractivity contribution is 5.95. The summed E-state index contributed by atoms with van der Waals surface area (Å²) in [5.74, 6) is 0.0129. The second kappa shape index (κ2) is 8.27. The molecule has 1 aliphatic heterocycles. The number of aliphatic hydroxyl groups excluding tert-OH is 1. The number of nitrogens with zero attached hydrogens (tertiary/aromatic N) is 2. The minimum Gasteiger partial charge on any atom is -0.392 e. The van der Waals surface area contributed by atoms with Gasteiger partial charge in [-0.15, -0.1) is 12.4 Å². The van der Waals surface area contributed by atoms with Gasteiger partial charge < -0.3 is 15.7 Å². The Bertz CT molecular complexity index is 1000. The molecule has 0 spiro atoms. The van der Waals surface area contributed by atoms with Crippen molar-refractivity contribution in [1.82, 2.24) is 9.88 Å². The molecule has 6 heteroatoms. The summed E-state index contributed by atoms with van der Waals surface area (Å²) >= 11 is 0. The monoisotopic (exact) mass is 397 g/mol. The van der Waals surface area contributed by atoms with E-state index in [0.717, 1.165) is 39.7 Å². The van der Waals surface area contributed by atoms with Gasteiger partial charge in [0.2, 0.25) is 0 Å². The third-order valence-electron chi connectivity index (χ3n) is 5.14. The standard InChI is InChI=1S/C22H23N3O2.ClH/c1-14-2-3-17-11-18(13-26)21(24-20(17)10-14)15-4-6-16(7-5-15)22(27)25-9-8-19(23)12-25;/h2-7,10-11,19,26H,8-9,12-13,23H2,1H3;1H. The van der Waals surface area contributed by atoms with Crippen LogP contribution in [0.1, 0.15) is 27.9 Å². The molecule has 0 saturated carbocycles. The van der Waals surface area contributed by atoms with Crippen molar-refractivity contribution < 1.29 is 9.90 Å². The van der Waals surface area contributed by atoms with Gasteiger partial charge in [0.05, 0.1) is 17.8 Å². The van der Waals surface area contributed by atoms with Crippen LogP contribution in [0.3, 0.4) is 0 Å². The van der Waals surface area contributed by atoms with Crippen LogP contribution in [0.4, 0.5) is 0 Å². The molecule has 1 amide bonds. The molecule has 2 heterocycles. The summed E-state index contributed by atoms with van der Waals surface area (Å²) in [6.07, 6.45) is 0.851. The number of fused-ring (bicyclic) bond motifs is 1. The van der Waals surface area contributed by atoms with E-state index < -0.39 is 0 Å². The molecule has 4 rings (SSSR count). The number of aryl methyl sites for hydroxylation is 1. The molecule has 146 valence electrons. The third-order valence-corrected chi connectivity index (χ3v) is 5.14. The van der Waals surface area contributed by atoms with Crippen molar-refractivity contribution >= 4 is 29.2 Å². The maximum Gasteiger partial charge on any atom is 0.253 e. The number of likely N-dealkylation sites (tertiary alicyclic amines) is 1. The summed E-state index contributed by atoms with van der Waals surface area (Å²) in [6, 6.07) is 15.6. The van der Waals surface area contributed by atoms with Gasteiger partial charge in [0, 0.05) is 41.2 Å². The Kier molecular flexibility index (Phi) is 5.98. The second-order valence-electron chi connectivity index (χ2n) is 7.23. The normalized spacial score (nSPS) is 16.2. The van der Waals surface area contributed by atoms with E-state index >= 15 is 0 Å². The molecular weight excluding hydrogens is 374 g/mol. The number of benzene rings is 2. The Morgan fingerprint density at radius 2 is 1.96 bits per heavy atom. The van der Waals surface area contributed by atoms with Gasteiger partial charge in [-0.25, -0.2) is 4.98 Å². The van der Waals surface area contributed by atoms with Crippen molar-refractivity contribution in [2.45, 2.75) is 26.0 Å². The van der Waals surface area contributed by atoms with E-state index in [1.54, 1.807) is 4.90 Å². The van der Waals surface area contributed by atoms with Gasteiger partial charge in [-0.3, -0.25) is 4.79 Å². The van der Waals surface area contributed by atoms with E-state index in [-0.39, 0.29) is 31.0 Å². The number of aliphatic hydroxyl groups is 1. The number of aromatic nitrogens is 1. The molecule has 3 aromatic rings. The number of hydrogen-bond acceptors (Lipinski definition) is 4. The van der Waals surface area contributed by atoms with Crippen LogP contribution in [0.25, 0.3) is 22.2 Å². The largest absolute Gasteiger partial charge is 0.392 e.